The average Bonchev–Trinajstić information content (AvgIpc) is 2.60. The molecule has 0 saturated heterocycles. The lowest BCUT2D eigenvalue weighted by atomic mass is 10.2. The number of pyridine rings is 1. The van der Waals surface area contributed by atoms with Crippen LogP contribution in [0.4, 0.5) is 0 Å². The summed E-state index contributed by atoms with van der Waals surface area (Å²) in [5, 5.41) is 2.87. The number of unbranched alkanes of at least 4 members (excludes halogenated alkanes) is 1. The van der Waals surface area contributed by atoms with Crippen molar-refractivity contribution in [1.29, 1.82) is 0 Å². The van der Waals surface area contributed by atoms with E-state index in [1.54, 1.807) is 18.3 Å². The van der Waals surface area contributed by atoms with Crippen LogP contribution in [0.15, 0.2) is 42.6 Å². The minimum atomic E-state index is -0.216. The molecular weight excluding hydrogens is 292 g/mol. The van der Waals surface area contributed by atoms with Crippen molar-refractivity contribution in [3.8, 4) is 11.6 Å². The monoisotopic (exact) mass is 314 g/mol. The third-order valence-electron chi connectivity index (χ3n) is 3.33. The van der Waals surface area contributed by atoms with Gasteiger partial charge in [-0.15, -0.1) is 0 Å². The van der Waals surface area contributed by atoms with Gasteiger partial charge in [0.25, 0.3) is 5.91 Å². The van der Waals surface area contributed by atoms with E-state index in [0.717, 1.165) is 24.2 Å². The Morgan fingerprint density at radius 3 is 2.91 bits per heavy atom. The number of hydrogen-bond acceptors (Lipinski definition) is 4. The molecule has 1 heterocycles. The van der Waals surface area contributed by atoms with Crippen LogP contribution in [0.2, 0.25) is 0 Å². The Balaban J connectivity index is 1.95. The van der Waals surface area contributed by atoms with E-state index >= 15 is 0 Å². The molecule has 0 fully saturated rings. The second-order valence-electron chi connectivity index (χ2n) is 5.09. The van der Waals surface area contributed by atoms with Gasteiger partial charge in [0.05, 0.1) is 13.7 Å². The maximum atomic E-state index is 12.2. The molecule has 0 spiro atoms. The number of nitrogens with zero attached hydrogens (tertiary/aromatic N) is 1. The molecule has 0 aliphatic heterocycles. The first-order chi connectivity index (χ1) is 11.2. The van der Waals surface area contributed by atoms with Gasteiger partial charge in [0.15, 0.2) is 0 Å². The number of hydrogen-bond donors (Lipinski definition) is 1. The van der Waals surface area contributed by atoms with E-state index < -0.39 is 0 Å². The van der Waals surface area contributed by atoms with E-state index in [9.17, 15) is 4.79 Å². The van der Waals surface area contributed by atoms with Gasteiger partial charge in [-0.3, -0.25) is 4.79 Å². The zero-order valence-corrected chi connectivity index (χ0v) is 13.5. The molecule has 122 valence electrons. The summed E-state index contributed by atoms with van der Waals surface area (Å²) in [5.74, 6) is 0.929. The first-order valence-electron chi connectivity index (χ1n) is 7.73. The maximum absolute atomic E-state index is 12.2. The second kappa shape index (κ2) is 8.78. The van der Waals surface area contributed by atoms with Crippen LogP contribution >= 0.6 is 0 Å². The molecule has 0 aliphatic rings. The lowest BCUT2D eigenvalue weighted by Crippen LogP contribution is -2.23. The summed E-state index contributed by atoms with van der Waals surface area (Å²) >= 11 is 0. The summed E-state index contributed by atoms with van der Waals surface area (Å²) in [5.41, 5.74) is 1.40. The minimum absolute atomic E-state index is 0.216. The predicted octanol–water partition coefficient (Wildman–Crippen LogP) is 3.20. The molecule has 0 atom stereocenters. The van der Waals surface area contributed by atoms with Crippen LogP contribution < -0.4 is 14.8 Å². The highest BCUT2D eigenvalue weighted by atomic mass is 16.5. The van der Waals surface area contributed by atoms with Crippen molar-refractivity contribution >= 4 is 5.91 Å². The van der Waals surface area contributed by atoms with Gasteiger partial charge in [-0.2, -0.15) is 0 Å². The maximum Gasteiger partial charge on any atom is 0.257 e. The van der Waals surface area contributed by atoms with E-state index in [1.165, 1.54) is 7.11 Å². The van der Waals surface area contributed by atoms with Crippen molar-refractivity contribution in [2.75, 3.05) is 13.7 Å². The highest BCUT2D eigenvalue weighted by Gasteiger charge is 2.12. The number of carbonyl (C=O) groups excluding carboxylic acids is 1. The van der Waals surface area contributed by atoms with Crippen LogP contribution in [-0.4, -0.2) is 24.6 Å². The highest BCUT2D eigenvalue weighted by molar-refractivity contribution is 5.96. The largest absolute Gasteiger partial charge is 0.494 e. The van der Waals surface area contributed by atoms with Crippen LogP contribution in [0, 0.1) is 0 Å². The lowest BCUT2D eigenvalue weighted by Gasteiger charge is -2.10. The number of nitrogens with one attached hydrogen (secondary N) is 1. The van der Waals surface area contributed by atoms with Crippen molar-refractivity contribution in [3.63, 3.8) is 0 Å². The first-order valence-corrected chi connectivity index (χ1v) is 7.73. The summed E-state index contributed by atoms with van der Waals surface area (Å²) in [6.07, 6.45) is 3.72. The van der Waals surface area contributed by atoms with Crippen molar-refractivity contribution in [2.45, 2.75) is 26.3 Å². The molecule has 0 unspecified atom stereocenters. The molecule has 1 aromatic heterocycles. The van der Waals surface area contributed by atoms with E-state index in [-0.39, 0.29) is 5.91 Å². The Morgan fingerprint density at radius 1 is 1.26 bits per heavy atom. The minimum Gasteiger partial charge on any atom is -0.494 e. The van der Waals surface area contributed by atoms with Crippen LogP contribution in [0.25, 0.3) is 0 Å². The zero-order chi connectivity index (χ0) is 16.5. The number of ether oxygens (including phenoxy) is 2. The zero-order valence-electron chi connectivity index (χ0n) is 13.5. The smallest absolute Gasteiger partial charge is 0.257 e. The van der Waals surface area contributed by atoms with Crippen molar-refractivity contribution in [2.24, 2.45) is 0 Å². The third-order valence-corrected chi connectivity index (χ3v) is 3.33. The van der Waals surface area contributed by atoms with Crippen LogP contribution in [0.3, 0.4) is 0 Å². The number of amides is 1. The normalized spacial score (nSPS) is 10.2. The molecule has 1 amide bonds. The van der Waals surface area contributed by atoms with E-state index in [1.807, 2.05) is 24.3 Å². The summed E-state index contributed by atoms with van der Waals surface area (Å²) in [4.78, 5) is 16.3. The Labute approximate surface area is 136 Å². The van der Waals surface area contributed by atoms with Crippen molar-refractivity contribution < 1.29 is 14.3 Å². The molecule has 0 radical (unpaired) electrons. The highest BCUT2D eigenvalue weighted by Crippen LogP contribution is 2.15. The lowest BCUT2D eigenvalue weighted by molar-refractivity contribution is 0.0947. The third kappa shape index (κ3) is 4.98. The molecule has 1 N–H and O–H groups in total. The SMILES string of the molecule is CCCCOc1cccc(CNC(=O)c2cccnc2OC)c1. The Kier molecular flexibility index (Phi) is 6.41. The Morgan fingerprint density at radius 2 is 2.13 bits per heavy atom. The average molecular weight is 314 g/mol. The Hall–Kier alpha value is -2.56. The summed E-state index contributed by atoms with van der Waals surface area (Å²) in [7, 11) is 1.50. The number of rotatable bonds is 8. The summed E-state index contributed by atoms with van der Waals surface area (Å²) < 4.78 is 10.8. The van der Waals surface area contributed by atoms with Gasteiger partial charge in [0.1, 0.15) is 11.3 Å². The van der Waals surface area contributed by atoms with Gasteiger partial charge in [-0.05, 0) is 36.2 Å². The molecule has 1 aromatic carbocycles. The van der Waals surface area contributed by atoms with Gasteiger partial charge in [0.2, 0.25) is 5.88 Å². The van der Waals surface area contributed by atoms with Crippen molar-refractivity contribution in [3.05, 3.63) is 53.7 Å². The predicted molar refractivity (Wildman–Crippen MR) is 88.8 cm³/mol. The molecule has 23 heavy (non-hydrogen) atoms. The summed E-state index contributed by atoms with van der Waals surface area (Å²) in [6.45, 7) is 3.25. The van der Waals surface area contributed by atoms with Gasteiger partial charge in [0, 0.05) is 12.7 Å². The number of methoxy groups -OCH3 is 1. The van der Waals surface area contributed by atoms with E-state index in [2.05, 4.69) is 17.2 Å². The molecule has 0 saturated carbocycles. The summed E-state index contributed by atoms with van der Waals surface area (Å²) in [6, 6.07) is 11.1. The topological polar surface area (TPSA) is 60.5 Å². The van der Waals surface area contributed by atoms with Gasteiger partial charge in [-0.25, -0.2) is 4.98 Å². The Bertz CT molecular complexity index is 644. The molecule has 5 heteroatoms. The van der Waals surface area contributed by atoms with Gasteiger partial charge >= 0.3 is 0 Å². The quantitative estimate of drug-likeness (QED) is 0.760. The first kappa shape index (κ1) is 16.8. The molecule has 0 aliphatic carbocycles. The molecule has 2 aromatic rings. The fourth-order valence-electron chi connectivity index (χ4n) is 2.08. The fourth-order valence-corrected chi connectivity index (χ4v) is 2.08. The number of benzene rings is 1. The molecule has 0 bridgehead atoms. The van der Waals surface area contributed by atoms with E-state index in [0.29, 0.717) is 24.6 Å². The van der Waals surface area contributed by atoms with Gasteiger partial charge in [-0.1, -0.05) is 25.5 Å². The standard InChI is InChI=1S/C18H22N2O3/c1-3-4-11-23-15-8-5-7-14(12-15)13-20-17(21)16-9-6-10-19-18(16)22-2/h5-10,12H,3-4,11,13H2,1-2H3,(H,20,21). The molecular formula is C18H22N2O3. The second-order valence-corrected chi connectivity index (χ2v) is 5.09. The molecule has 2 rings (SSSR count). The van der Waals surface area contributed by atoms with Gasteiger partial charge < -0.3 is 14.8 Å². The van der Waals surface area contributed by atoms with Crippen LogP contribution in [0.1, 0.15) is 35.7 Å². The van der Waals surface area contributed by atoms with Crippen LogP contribution in [0.5, 0.6) is 11.6 Å². The number of aromatic nitrogens is 1. The van der Waals surface area contributed by atoms with Crippen molar-refractivity contribution in [1.82, 2.24) is 10.3 Å². The van der Waals surface area contributed by atoms with E-state index in [4.69, 9.17) is 9.47 Å². The van der Waals surface area contributed by atoms with Crippen LogP contribution in [-0.2, 0) is 6.54 Å². The fraction of sp³-hybridized carbons (Fsp3) is 0.333. The number of carbonyl (C=O) groups is 1. The molecule has 5 nitrogen and oxygen atoms in total.